The lowest BCUT2D eigenvalue weighted by Gasteiger charge is -2.38. The quantitative estimate of drug-likeness (QED) is 0.647. The number of aryl methyl sites for hydroxylation is 1. The van der Waals surface area contributed by atoms with Gasteiger partial charge in [0.2, 0.25) is 5.91 Å². The van der Waals surface area contributed by atoms with Crippen LogP contribution in [0.15, 0.2) is 34.2 Å². The normalized spacial score (nSPS) is 19.8. The van der Waals surface area contributed by atoms with E-state index in [9.17, 15) is 19.5 Å². The van der Waals surface area contributed by atoms with Crippen molar-refractivity contribution >= 4 is 5.91 Å². The maximum atomic E-state index is 12.5. The Kier molecular flexibility index (Phi) is 5.41. The molecule has 0 saturated heterocycles. The van der Waals surface area contributed by atoms with Crippen molar-refractivity contribution in [3.63, 3.8) is 0 Å². The highest BCUT2D eigenvalue weighted by molar-refractivity contribution is 5.76. The topological polar surface area (TPSA) is 126 Å². The van der Waals surface area contributed by atoms with Crippen molar-refractivity contribution in [3.8, 4) is 5.75 Å². The first-order chi connectivity index (χ1) is 12.9. The summed E-state index contributed by atoms with van der Waals surface area (Å²) in [5.74, 6) is 0.253. The van der Waals surface area contributed by atoms with Crippen molar-refractivity contribution in [1.82, 2.24) is 19.9 Å². The molecule has 2 aromatic heterocycles. The molecule has 3 N–H and O–H groups in total. The molecule has 9 heteroatoms. The Hall–Kier alpha value is -2.94. The van der Waals surface area contributed by atoms with Gasteiger partial charge in [0, 0.05) is 18.0 Å². The summed E-state index contributed by atoms with van der Waals surface area (Å²) in [5, 5.41) is 12.6. The number of aromatic amines is 1. The summed E-state index contributed by atoms with van der Waals surface area (Å²) in [5.41, 5.74) is 0.00233. The smallest absolute Gasteiger partial charge is 0.328 e. The first-order valence-corrected chi connectivity index (χ1v) is 8.64. The minimum absolute atomic E-state index is 0.0619. The zero-order chi connectivity index (χ0) is 19.6. The van der Waals surface area contributed by atoms with Gasteiger partial charge in [-0.15, -0.1) is 0 Å². The summed E-state index contributed by atoms with van der Waals surface area (Å²) < 4.78 is 6.35. The first-order valence-electron chi connectivity index (χ1n) is 8.64. The van der Waals surface area contributed by atoms with Gasteiger partial charge in [-0.25, -0.2) is 4.79 Å². The number of nitrogens with zero attached hydrogens (tertiary/aromatic N) is 2. The second-order valence-corrected chi connectivity index (χ2v) is 6.79. The summed E-state index contributed by atoms with van der Waals surface area (Å²) in [7, 11) is 1.53. The number of carbonyl (C=O) groups excluding carboxylic acids is 1. The van der Waals surface area contributed by atoms with E-state index >= 15 is 0 Å². The van der Waals surface area contributed by atoms with Crippen molar-refractivity contribution < 1.29 is 14.6 Å². The van der Waals surface area contributed by atoms with Gasteiger partial charge in [0.25, 0.3) is 5.56 Å². The minimum atomic E-state index is -0.639. The Morgan fingerprint density at radius 2 is 2.19 bits per heavy atom. The van der Waals surface area contributed by atoms with Crippen molar-refractivity contribution in [2.75, 3.05) is 7.11 Å². The first kappa shape index (κ1) is 18.8. The maximum Gasteiger partial charge on any atom is 0.328 e. The zero-order valence-electron chi connectivity index (χ0n) is 15.1. The molecule has 3 rings (SSSR count). The van der Waals surface area contributed by atoms with E-state index in [1.807, 2.05) is 0 Å². The van der Waals surface area contributed by atoms with Crippen LogP contribution in [0.4, 0.5) is 0 Å². The number of hydrogen-bond acceptors (Lipinski definition) is 6. The fourth-order valence-electron chi connectivity index (χ4n) is 3.20. The predicted octanol–water partition coefficient (Wildman–Crippen LogP) is -0.123. The van der Waals surface area contributed by atoms with Gasteiger partial charge in [-0.2, -0.15) is 0 Å². The van der Waals surface area contributed by atoms with Crippen LogP contribution in [0, 0.1) is 12.8 Å². The number of amides is 1. The molecule has 0 aliphatic heterocycles. The van der Waals surface area contributed by atoms with Gasteiger partial charge in [-0.1, -0.05) is 0 Å². The molecule has 1 aliphatic carbocycles. The van der Waals surface area contributed by atoms with Crippen LogP contribution in [0.1, 0.15) is 30.0 Å². The van der Waals surface area contributed by atoms with E-state index in [-0.39, 0.29) is 30.5 Å². The van der Waals surface area contributed by atoms with Gasteiger partial charge in [0.05, 0.1) is 25.5 Å². The molecule has 0 radical (unpaired) electrons. The van der Waals surface area contributed by atoms with Gasteiger partial charge in [-0.3, -0.25) is 24.1 Å². The minimum Gasteiger partial charge on any atom is -0.495 e. The van der Waals surface area contributed by atoms with E-state index in [2.05, 4.69) is 15.3 Å². The predicted molar refractivity (Wildman–Crippen MR) is 96.5 cm³/mol. The van der Waals surface area contributed by atoms with E-state index in [1.54, 1.807) is 25.4 Å². The highest BCUT2D eigenvalue weighted by atomic mass is 16.5. The third-order valence-corrected chi connectivity index (χ3v) is 4.77. The number of hydrogen-bond donors (Lipinski definition) is 3. The van der Waals surface area contributed by atoms with Gasteiger partial charge >= 0.3 is 5.69 Å². The average Bonchev–Trinajstić information content (AvgIpc) is 2.62. The van der Waals surface area contributed by atoms with Gasteiger partial charge in [0.15, 0.2) is 0 Å². The van der Waals surface area contributed by atoms with Crippen molar-refractivity contribution in [1.29, 1.82) is 0 Å². The Morgan fingerprint density at radius 1 is 1.44 bits per heavy atom. The average molecular weight is 374 g/mol. The molecular weight excluding hydrogens is 352 g/mol. The molecule has 1 amide bonds. The van der Waals surface area contributed by atoms with Crippen LogP contribution in [0.2, 0.25) is 0 Å². The van der Waals surface area contributed by atoms with Crippen LogP contribution in [-0.4, -0.2) is 38.8 Å². The zero-order valence-corrected chi connectivity index (χ0v) is 15.1. The Morgan fingerprint density at radius 3 is 2.85 bits per heavy atom. The number of rotatable bonds is 6. The summed E-state index contributed by atoms with van der Waals surface area (Å²) in [6, 6.07) is 1.43. The molecule has 144 valence electrons. The largest absolute Gasteiger partial charge is 0.495 e. The van der Waals surface area contributed by atoms with Crippen LogP contribution < -0.4 is 21.3 Å². The van der Waals surface area contributed by atoms with E-state index in [0.717, 1.165) is 10.1 Å². The van der Waals surface area contributed by atoms with Crippen molar-refractivity contribution in [2.24, 2.45) is 5.92 Å². The van der Waals surface area contributed by atoms with Gasteiger partial charge < -0.3 is 15.2 Å². The molecule has 0 unspecified atom stereocenters. The Balaban J connectivity index is 1.79. The fourth-order valence-corrected chi connectivity index (χ4v) is 3.20. The van der Waals surface area contributed by atoms with Gasteiger partial charge in [-0.05, 0) is 37.3 Å². The molecule has 0 bridgehead atoms. The van der Waals surface area contributed by atoms with Crippen molar-refractivity contribution in [2.45, 2.75) is 38.5 Å². The second-order valence-electron chi connectivity index (χ2n) is 6.79. The lowest BCUT2D eigenvalue weighted by molar-refractivity contribution is -0.123. The molecule has 1 saturated carbocycles. The number of H-pyrrole nitrogens is 1. The molecule has 27 heavy (non-hydrogen) atoms. The summed E-state index contributed by atoms with van der Waals surface area (Å²) in [6.45, 7) is 1.34. The third kappa shape index (κ3) is 4.25. The fraction of sp³-hybridized carbons (Fsp3) is 0.444. The lowest BCUT2D eigenvalue weighted by Crippen LogP contribution is -2.43. The number of ether oxygens (including phenoxy) is 1. The van der Waals surface area contributed by atoms with E-state index in [1.165, 1.54) is 13.3 Å². The van der Waals surface area contributed by atoms with Gasteiger partial charge in [0.1, 0.15) is 12.3 Å². The van der Waals surface area contributed by atoms with E-state index in [4.69, 9.17) is 4.74 Å². The highest BCUT2D eigenvalue weighted by Crippen LogP contribution is 2.38. The second kappa shape index (κ2) is 7.75. The number of nitrogens with one attached hydrogen (secondary N) is 2. The lowest BCUT2D eigenvalue weighted by atomic mass is 9.75. The molecule has 9 nitrogen and oxygen atoms in total. The number of aliphatic hydroxyl groups is 1. The Labute approximate surface area is 155 Å². The molecule has 0 spiro atoms. The molecule has 2 heterocycles. The van der Waals surface area contributed by atoms with Crippen LogP contribution in [0.25, 0.3) is 0 Å². The molecule has 1 fully saturated rings. The van der Waals surface area contributed by atoms with E-state index in [0.29, 0.717) is 24.2 Å². The number of aliphatic hydroxyl groups excluding tert-OH is 1. The summed E-state index contributed by atoms with van der Waals surface area (Å²) in [4.78, 5) is 42.2. The highest BCUT2D eigenvalue weighted by Gasteiger charge is 2.36. The molecular formula is C18H22N4O5. The van der Waals surface area contributed by atoms with Crippen LogP contribution in [-0.2, 0) is 11.3 Å². The standard InChI is InChI=1S/C18H22N4O5/c1-10-8-22(18(26)21-17(10)25)9-15(24)20-16(11-3-13(23)4-11)12-5-14(27-2)7-19-6-12/h5-8,11,13,16,23H,3-4,9H2,1-2H3,(H,20,24)(H,21,25,26)/t11?,13?,16-/m0/s1. The number of pyridine rings is 1. The Bertz CT molecular complexity index is 945. The maximum absolute atomic E-state index is 12.5. The monoisotopic (exact) mass is 374 g/mol. The summed E-state index contributed by atoms with van der Waals surface area (Å²) >= 11 is 0. The van der Waals surface area contributed by atoms with Crippen LogP contribution in [0.5, 0.6) is 5.75 Å². The number of aromatic nitrogens is 3. The molecule has 0 aromatic carbocycles. The summed E-state index contributed by atoms with van der Waals surface area (Å²) in [6.07, 6.45) is 5.34. The van der Waals surface area contributed by atoms with E-state index < -0.39 is 11.2 Å². The molecule has 1 aliphatic rings. The van der Waals surface area contributed by atoms with Crippen LogP contribution in [0.3, 0.4) is 0 Å². The SMILES string of the molecule is COc1cncc([C@@H](NC(=O)Cn2cc(C)c(=O)[nH]c2=O)C2CC(O)C2)c1. The number of carbonyl (C=O) groups is 1. The molecule has 2 aromatic rings. The molecule has 1 atom stereocenters. The van der Waals surface area contributed by atoms with Crippen molar-refractivity contribution in [3.05, 3.63) is 56.6 Å². The third-order valence-electron chi connectivity index (χ3n) is 4.77. The number of methoxy groups -OCH3 is 1. The van der Waals surface area contributed by atoms with Crippen LogP contribution >= 0.6 is 0 Å².